The first-order valence-electron chi connectivity index (χ1n) is 8.70. The highest BCUT2D eigenvalue weighted by Gasteiger charge is 2.23. The normalized spacial score (nSPS) is 16.7. The minimum atomic E-state index is -0.599. The first-order valence-corrected chi connectivity index (χ1v) is 8.70. The van der Waals surface area contributed by atoms with E-state index in [4.69, 9.17) is 9.47 Å². The van der Waals surface area contributed by atoms with Crippen molar-refractivity contribution in [2.75, 3.05) is 31.6 Å². The van der Waals surface area contributed by atoms with Crippen molar-refractivity contribution >= 4 is 17.6 Å². The fraction of sp³-hybridized carbons (Fsp3) is 0.556. The van der Waals surface area contributed by atoms with Crippen LogP contribution in [-0.4, -0.2) is 55.3 Å². The fourth-order valence-electron chi connectivity index (χ4n) is 2.45. The summed E-state index contributed by atoms with van der Waals surface area (Å²) < 4.78 is 11.0. The number of ether oxygens (including phenoxy) is 2. The van der Waals surface area contributed by atoms with Crippen LogP contribution in [0.15, 0.2) is 24.3 Å². The standard InChI is InChI=1S/C18H27N3O4/c1-4-13(2)25-16-7-5-6-15(12-16)20-18(23)19-14(3)17(22)21-8-10-24-11-9-21/h5-7,12-14H,4,8-11H2,1-3H3,(H2,19,20,23). The maximum Gasteiger partial charge on any atom is 0.319 e. The number of anilines is 1. The van der Waals surface area contributed by atoms with E-state index in [1.807, 2.05) is 26.0 Å². The van der Waals surface area contributed by atoms with Gasteiger partial charge >= 0.3 is 6.03 Å². The lowest BCUT2D eigenvalue weighted by atomic mass is 10.2. The summed E-state index contributed by atoms with van der Waals surface area (Å²) in [7, 11) is 0. The Labute approximate surface area is 148 Å². The summed E-state index contributed by atoms with van der Waals surface area (Å²) in [4.78, 5) is 26.1. The predicted octanol–water partition coefficient (Wildman–Crippen LogP) is 2.23. The molecule has 1 heterocycles. The van der Waals surface area contributed by atoms with E-state index in [1.165, 1.54) is 0 Å². The first kappa shape index (κ1) is 19.1. The van der Waals surface area contributed by atoms with Gasteiger partial charge in [-0.25, -0.2) is 4.79 Å². The second-order valence-electron chi connectivity index (χ2n) is 6.12. The molecule has 138 valence electrons. The number of rotatable bonds is 6. The van der Waals surface area contributed by atoms with Gasteiger partial charge in [-0.05, 0) is 32.4 Å². The van der Waals surface area contributed by atoms with Crippen molar-refractivity contribution in [3.8, 4) is 5.75 Å². The maximum atomic E-state index is 12.3. The topological polar surface area (TPSA) is 79.9 Å². The molecule has 1 aromatic rings. The van der Waals surface area contributed by atoms with Gasteiger partial charge in [-0.15, -0.1) is 0 Å². The highest BCUT2D eigenvalue weighted by Crippen LogP contribution is 2.19. The van der Waals surface area contributed by atoms with E-state index in [1.54, 1.807) is 24.0 Å². The molecule has 0 bridgehead atoms. The number of amides is 3. The number of hydrogen-bond acceptors (Lipinski definition) is 4. The third-order valence-corrected chi connectivity index (χ3v) is 4.04. The molecule has 2 N–H and O–H groups in total. The fourth-order valence-corrected chi connectivity index (χ4v) is 2.45. The zero-order chi connectivity index (χ0) is 18.2. The van der Waals surface area contributed by atoms with Crippen molar-refractivity contribution in [3.05, 3.63) is 24.3 Å². The van der Waals surface area contributed by atoms with Gasteiger partial charge in [0, 0.05) is 24.8 Å². The van der Waals surface area contributed by atoms with E-state index in [0.29, 0.717) is 37.7 Å². The van der Waals surface area contributed by atoms with E-state index >= 15 is 0 Å². The second kappa shape index (κ2) is 9.27. The van der Waals surface area contributed by atoms with Gasteiger partial charge < -0.3 is 25.0 Å². The van der Waals surface area contributed by atoms with Gasteiger partial charge in [0.25, 0.3) is 0 Å². The Morgan fingerprint density at radius 1 is 1.28 bits per heavy atom. The van der Waals surface area contributed by atoms with Crippen LogP contribution >= 0.6 is 0 Å². The number of hydrogen-bond donors (Lipinski definition) is 2. The molecule has 0 radical (unpaired) electrons. The number of carbonyl (C=O) groups excluding carboxylic acids is 2. The molecular weight excluding hydrogens is 322 g/mol. The number of morpholine rings is 1. The van der Waals surface area contributed by atoms with E-state index in [2.05, 4.69) is 10.6 Å². The summed E-state index contributed by atoms with van der Waals surface area (Å²) in [6.45, 7) is 7.91. The molecule has 0 saturated carbocycles. The Morgan fingerprint density at radius 3 is 2.68 bits per heavy atom. The number of benzene rings is 1. The van der Waals surface area contributed by atoms with Crippen LogP contribution in [0.4, 0.5) is 10.5 Å². The monoisotopic (exact) mass is 349 g/mol. The minimum Gasteiger partial charge on any atom is -0.491 e. The van der Waals surface area contributed by atoms with E-state index in [0.717, 1.165) is 6.42 Å². The predicted molar refractivity (Wildman–Crippen MR) is 95.8 cm³/mol. The highest BCUT2D eigenvalue weighted by molar-refractivity contribution is 5.93. The van der Waals surface area contributed by atoms with Crippen LogP contribution in [0.25, 0.3) is 0 Å². The summed E-state index contributed by atoms with van der Waals surface area (Å²) in [6, 6.07) is 6.18. The molecule has 1 aliphatic heterocycles. The molecule has 0 aromatic heterocycles. The zero-order valence-electron chi connectivity index (χ0n) is 15.1. The lowest BCUT2D eigenvalue weighted by Gasteiger charge is -2.29. The minimum absolute atomic E-state index is 0.104. The smallest absolute Gasteiger partial charge is 0.319 e. The van der Waals surface area contributed by atoms with Crippen LogP contribution in [0.3, 0.4) is 0 Å². The van der Waals surface area contributed by atoms with Crippen LogP contribution < -0.4 is 15.4 Å². The molecule has 25 heavy (non-hydrogen) atoms. The van der Waals surface area contributed by atoms with E-state index in [9.17, 15) is 9.59 Å². The van der Waals surface area contributed by atoms with Crippen molar-refractivity contribution in [2.45, 2.75) is 39.3 Å². The molecule has 1 aliphatic rings. The van der Waals surface area contributed by atoms with Gasteiger partial charge in [-0.3, -0.25) is 4.79 Å². The van der Waals surface area contributed by atoms with Gasteiger partial charge in [0.2, 0.25) is 5.91 Å². The molecule has 2 unspecified atom stereocenters. The van der Waals surface area contributed by atoms with Crippen LogP contribution in [0.1, 0.15) is 27.2 Å². The van der Waals surface area contributed by atoms with Crippen molar-refractivity contribution in [1.29, 1.82) is 0 Å². The van der Waals surface area contributed by atoms with Crippen molar-refractivity contribution in [3.63, 3.8) is 0 Å². The molecule has 2 atom stereocenters. The molecule has 1 saturated heterocycles. The molecule has 3 amide bonds. The Balaban J connectivity index is 1.86. The van der Waals surface area contributed by atoms with Gasteiger partial charge in [0.05, 0.1) is 19.3 Å². The molecule has 7 heteroatoms. The summed E-state index contributed by atoms with van der Waals surface area (Å²) in [5.41, 5.74) is 0.615. The van der Waals surface area contributed by atoms with Crippen LogP contribution in [0, 0.1) is 0 Å². The van der Waals surface area contributed by atoms with Gasteiger partial charge in [-0.2, -0.15) is 0 Å². The van der Waals surface area contributed by atoms with E-state index in [-0.39, 0.29) is 12.0 Å². The van der Waals surface area contributed by atoms with Crippen molar-refractivity contribution in [2.24, 2.45) is 0 Å². The number of nitrogens with one attached hydrogen (secondary N) is 2. The number of urea groups is 1. The third-order valence-electron chi connectivity index (χ3n) is 4.04. The number of carbonyl (C=O) groups is 2. The molecule has 2 rings (SSSR count). The van der Waals surface area contributed by atoms with Crippen LogP contribution in [0.2, 0.25) is 0 Å². The lowest BCUT2D eigenvalue weighted by Crippen LogP contribution is -2.51. The molecule has 1 fully saturated rings. The molecule has 0 spiro atoms. The highest BCUT2D eigenvalue weighted by atomic mass is 16.5. The second-order valence-corrected chi connectivity index (χ2v) is 6.12. The quantitative estimate of drug-likeness (QED) is 0.825. The van der Waals surface area contributed by atoms with Gasteiger partial charge in [0.15, 0.2) is 0 Å². The lowest BCUT2D eigenvalue weighted by molar-refractivity contribution is -0.136. The first-order chi connectivity index (χ1) is 12.0. The average Bonchev–Trinajstić information content (AvgIpc) is 2.61. The third kappa shape index (κ3) is 5.94. The van der Waals surface area contributed by atoms with Crippen LogP contribution in [0.5, 0.6) is 5.75 Å². The maximum absolute atomic E-state index is 12.3. The molecular formula is C18H27N3O4. The Bertz CT molecular complexity index is 587. The SMILES string of the molecule is CCC(C)Oc1cccc(NC(=O)NC(C)C(=O)N2CCOCC2)c1. The summed E-state index contributed by atoms with van der Waals surface area (Å²) in [5.74, 6) is 0.594. The largest absolute Gasteiger partial charge is 0.491 e. The number of nitrogens with zero attached hydrogens (tertiary/aromatic N) is 1. The zero-order valence-corrected chi connectivity index (χ0v) is 15.1. The Morgan fingerprint density at radius 2 is 2.00 bits per heavy atom. The Hall–Kier alpha value is -2.28. The van der Waals surface area contributed by atoms with Gasteiger partial charge in [0.1, 0.15) is 11.8 Å². The summed E-state index contributed by atoms with van der Waals surface area (Å²) in [6.07, 6.45) is 1.01. The van der Waals surface area contributed by atoms with E-state index < -0.39 is 12.1 Å². The Kier molecular flexibility index (Phi) is 7.06. The van der Waals surface area contributed by atoms with Crippen LogP contribution in [-0.2, 0) is 9.53 Å². The average molecular weight is 349 g/mol. The molecule has 7 nitrogen and oxygen atoms in total. The van der Waals surface area contributed by atoms with Gasteiger partial charge in [-0.1, -0.05) is 13.0 Å². The molecule has 1 aromatic carbocycles. The van der Waals surface area contributed by atoms with Crippen molar-refractivity contribution < 1.29 is 19.1 Å². The molecule has 0 aliphatic carbocycles. The summed E-state index contributed by atoms with van der Waals surface area (Å²) in [5, 5.41) is 5.41. The van der Waals surface area contributed by atoms with Crippen molar-refractivity contribution in [1.82, 2.24) is 10.2 Å². The summed E-state index contributed by atoms with van der Waals surface area (Å²) >= 11 is 0.